The molecule has 1 atom stereocenters. The number of hydrogen-bond donors (Lipinski definition) is 1. The Bertz CT molecular complexity index is 305. The van der Waals surface area contributed by atoms with E-state index in [4.69, 9.17) is 4.74 Å². The molecule has 1 aromatic heterocycles. The molecule has 0 aromatic carbocycles. The minimum atomic E-state index is 0.395. The van der Waals surface area contributed by atoms with Crippen LogP contribution in [0, 0.1) is 6.92 Å². The lowest BCUT2D eigenvalue weighted by atomic mass is 10.2. The Morgan fingerprint density at radius 3 is 2.69 bits per heavy atom. The Labute approximate surface area is 97.2 Å². The molecule has 0 aliphatic heterocycles. The number of nitrogens with one attached hydrogen (secondary N) is 1. The highest BCUT2D eigenvalue weighted by Gasteiger charge is 2.09. The van der Waals surface area contributed by atoms with Crippen LogP contribution in [0.4, 0.5) is 0 Å². The summed E-state index contributed by atoms with van der Waals surface area (Å²) in [7, 11) is 3.72. The third kappa shape index (κ3) is 3.57. The molecule has 0 radical (unpaired) electrons. The maximum absolute atomic E-state index is 5.18. The molecule has 1 heterocycles. The summed E-state index contributed by atoms with van der Waals surface area (Å²) in [5.41, 5.74) is 0. The zero-order valence-corrected chi connectivity index (χ0v) is 10.7. The molecular formula is C11H22N4O. The van der Waals surface area contributed by atoms with Crippen LogP contribution >= 0.6 is 0 Å². The van der Waals surface area contributed by atoms with Crippen LogP contribution < -0.4 is 5.32 Å². The van der Waals surface area contributed by atoms with E-state index < -0.39 is 0 Å². The predicted molar refractivity (Wildman–Crippen MR) is 63.2 cm³/mol. The third-order valence-corrected chi connectivity index (χ3v) is 2.74. The van der Waals surface area contributed by atoms with E-state index in [1.165, 1.54) is 0 Å². The average molecular weight is 226 g/mol. The molecule has 16 heavy (non-hydrogen) atoms. The normalized spacial score (nSPS) is 13.0. The van der Waals surface area contributed by atoms with Gasteiger partial charge in [0.15, 0.2) is 0 Å². The molecule has 0 saturated heterocycles. The van der Waals surface area contributed by atoms with Gasteiger partial charge < -0.3 is 14.6 Å². The first-order valence-electron chi connectivity index (χ1n) is 5.76. The van der Waals surface area contributed by atoms with Gasteiger partial charge in [0.2, 0.25) is 0 Å². The number of nitrogens with zero attached hydrogens (tertiary/aromatic N) is 3. The minimum Gasteiger partial charge on any atom is -0.383 e. The van der Waals surface area contributed by atoms with Crippen molar-refractivity contribution >= 4 is 0 Å². The number of aryl methyl sites for hydroxylation is 1. The average Bonchev–Trinajstić information content (AvgIpc) is 2.58. The van der Waals surface area contributed by atoms with Crippen molar-refractivity contribution in [1.82, 2.24) is 20.1 Å². The minimum absolute atomic E-state index is 0.395. The first-order valence-corrected chi connectivity index (χ1v) is 5.76. The van der Waals surface area contributed by atoms with Crippen molar-refractivity contribution in [2.45, 2.75) is 39.3 Å². The quantitative estimate of drug-likeness (QED) is 0.754. The summed E-state index contributed by atoms with van der Waals surface area (Å²) in [5, 5.41) is 11.6. The number of hydrogen-bond acceptors (Lipinski definition) is 4. The van der Waals surface area contributed by atoms with Crippen LogP contribution in [0.25, 0.3) is 0 Å². The van der Waals surface area contributed by atoms with E-state index in [1.54, 1.807) is 7.11 Å². The van der Waals surface area contributed by atoms with Gasteiger partial charge in [-0.3, -0.25) is 0 Å². The number of rotatable bonds is 7. The summed E-state index contributed by atoms with van der Waals surface area (Å²) in [5.74, 6) is 1.91. The summed E-state index contributed by atoms with van der Waals surface area (Å²) >= 11 is 0. The zero-order valence-electron chi connectivity index (χ0n) is 10.7. The molecule has 5 heteroatoms. The number of ether oxygens (including phenoxy) is 1. The van der Waals surface area contributed by atoms with E-state index in [1.807, 2.05) is 18.5 Å². The molecule has 1 rings (SSSR count). The van der Waals surface area contributed by atoms with Crippen molar-refractivity contribution in [2.24, 2.45) is 7.05 Å². The van der Waals surface area contributed by atoms with Crippen LogP contribution in [0.15, 0.2) is 0 Å². The second-order valence-electron chi connectivity index (χ2n) is 4.04. The van der Waals surface area contributed by atoms with Gasteiger partial charge in [-0.1, -0.05) is 13.3 Å². The van der Waals surface area contributed by atoms with Gasteiger partial charge in [-0.05, 0) is 13.3 Å². The number of aromatic nitrogens is 3. The molecule has 1 unspecified atom stereocenters. The van der Waals surface area contributed by atoms with Gasteiger partial charge in [0.05, 0.1) is 13.2 Å². The Balaban J connectivity index is 2.45. The highest BCUT2D eigenvalue weighted by Crippen LogP contribution is 2.01. The smallest absolute Gasteiger partial charge is 0.146 e. The Morgan fingerprint density at radius 2 is 2.19 bits per heavy atom. The highest BCUT2D eigenvalue weighted by molar-refractivity contribution is 4.92. The predicted octanol–water partition coefficient (Wildman–Crippen LogP) is 1.03. The molecule has 1 aromatic rings. The molecule has 1 N–H and O–H groups in total. The van der Waals surface area contributed by atoms with E-state index >= 15 is 0 Å². The largest absolute Gasteiger partial charge is 0.383 e. The molecule has 0 spiro atoms. The SMILES string of the molecule is CCCC(COC)NCc1nnc(C)n1C. The fraction of sp³-hybridized carbons (Fsp3) is 0.818. The zero-order chi connectivity index (χ0) is 12.0. The molecular weight excluding hydrogens is 204 g/mol. The van der Waals surface area contributed by atoms with Crippen molar-refractivity contribution in [2.75, 3.05) is 13.7 Å². The Hall–Kier alpha value is -0.940. The van der Waals surface area contributed by atoms with E-state index in [2.05, 4.69) is 22.4 Å². The molecule has 92 valence electrons. The molecule has 0 fully saturated rings. The van der Waals surface area contributed by atoms with Crippen molar-refractivity contribution < 1.29 is 4.74 Å². The maximum Gasteiger partial charge on any atom is 0.146 e. The van der Waals surface area contributed by atoms with Gasteiger partial charge in [-0.2, -0.15) is 0 Å². The number of methoxy groups -OCH3 is 1. The van der Waals surface area contributed by atoms with Gasteiger partial charge >= 0.3 is 0 Å². The second kappa shape index (κ2) is 6.60. The summed E-state index contributed by atoms with van der Waals surface area (Å²) in [6.45, 7) is 5.61. The van der Waals surface area contributed by atoms with E-state index in [0.29, 0.717) is 6.04 Å². The first kappa shape index (κ1) is 13.1. The summed E-state index contributed by atoms with van der Waals surface area (Å²) in [4.78, 5) is 0. The first-order chi connectivity index (χ1) is 7.69. The maximum atomic E-state index is 5.18. The second-order valence-corrected chi connectivity index (χ2v) is 4.04. The van der Waals surface area contributed by atoms with Gasteiger partial charge in [-0.15, -0.1) is 10.2 Å². The summed E-state index contributed by atoms with van der Waals surface area (Å²) in [6.07, 6.45) is 2.27. The lowest BCUT2D eigenvalue weighted by Crippen LogP contribution is -2.33. The molecule has 0 amide bonds. The van der Waals surface area contributed by atoms with E-state index in [0.717, 1.165) is 37.6 Å². The van der Waals surface area contributed by atoms with Crippen molar-refractivity contribution in [3.8, 4) is 0 Å². The lowest BCUT2D eigenvalue weighted by Gasteiger charge is -2.16. The monoisotopic (exact) mass is 226 g/mol. The molecule has 0 aliphatic carbocycles. The topological polar surface area (TPSA) is 52.0 Å². The lowest BCUT2D eigenvalue weighted by molar-refractivity contribution is 0.161. The van der Waals surface area contributed by atoms with Crippen LogP contribution in [-0.2, 0) is 18.3 Å². The Kier molecular flexibility index (Phi) is 5.42. The van der Waals surface area contributed by atoms with Crippen molar-refractivity contribution in [3.05, 3.63) is 11.6 Å². The summed E-state index contributed by atoms with van der Waals surface area (Å²) in [6, 6.07) is 0.395. The fourth-order valence-corrected chi connectivity index (χ4v) is 1.63. The fourth-order valence-electron chi connectivity index (χ4n) is 1.63. The van der Waals surface area contributed by atoms with Gasteiger partial charge in [0.25, 0.3) is 0 Å². The van der Waals surface area contributed by atoms with Gasteiger partial charge in [-0.25, -0.2) is 0 Å². The van der Waals surface area contributed by atoms with E-state index in [-0.39, 0.29) is 0 Å². The van der Waals surface area contributed by atoms with Crippen LogP contribution in [0.3, 0.4) is 0 Å². The standard InChI is InChI=1S/C11H22N4O/c1-5-6-10(8-16-4)12-7-11-14-13-9(2)15(11)3/h10,12H,5-8H2,1-4H3. The van der Waals surface area contributed by atoms with Crippen LogP contribution in [0.2, 0.25) is 0 Å². The third-order valence-electron chi connectivity index (χ3n) is 2.74. The molecule has 0 bridgehead atoms. The van der Waals surface area contributed by atoms with Crippen LogP contribution in [-0.4, -0.2) is 34.5 Å². The van der Waals surface area contributed by atoms with Gasteiger partial charge in [0, 0.05) is 20.2 Å². The highest BCUT2D eigenvalue weighted by atomic mass is 16.5. The van der Waals surface area contributed by atoms with Gasteiger partial charge in [0.1, 0.15) is 11.6 Å². The summed E-state index contributed by atoms with van der Waals surface area (Å²) < 4.78 is 7.18. The molecule has 5 nitrogen and oxygen atoms in total. The molecule has 0 saturated carbocycles. The Morgan fingerprint density at radius 1 is 1.44 bits per heavy atom. The van der Waals surface area contributed by atoms with Crippen molar-refractivity contribution in [3.63, 3.8) is 0 Å². The van der Waals surface area contributed by atoms with Crippen LogP contribution in [0.1, 0.15) is 31.4 Å². The van der Waals surface area contributed by atoms with E-state index in [9.17, 15) is 0 Å². The van der Waals surface area contributed by atoms with Crippen LogP contribution in [0.5, 0.6) is 0 Å². The molecule has 0 aliphatic rings. The van der Waals surface area contributed by atoms with Crippen molar-refractivity contribution in [1.29, 1.82) is 0 Å².